The molecule has 2 heteroatoms. The summed E-state index contributed by atoms with van der Waals surface area (Å²) in [4.78, 5) is 0. The van der Waals surface area contributed by atoms with Gasteiger partial charge in [-0.05, 0) is 5.56 Å². The molecule has 0 aliphatic carbocycles. The van der Waals surface area contributed by atoms with Crippen LogP contribution in [0, 0.1) is 0 Å². The summed E-state index contributed by atoms with van der Waals surface area (Å²) in [6, 6.07) is 10.3. The van der Waals surface area contributed by atoms with Gasteiger partial charge in [0.15, 0.2) is 0 Å². The van der Waals surface area contributed by atoms with Crippen LogP contribution in [0.1, 0.15) is 5.56 Å². The van der Waals surface area contributed by atoms with Crippen molar-refractivity contribution in [3.05, 3.63) is 35.9 Å². The first-order valence-corrected chi connectivity index (χ1v) is 3.65. The van der Waals surface area contributed by atoms with Gasteiger partial charge in [0.1, 0.15) is 0 Å². The fourth-order valence-electron chi connectivity index (χ4n) is 0.567. The molecule has 0 radical (unpaired) electrons. The summed E-state index contributed by atoms with van der Waals surface area (Å²) < 4.78 is 0. The van der Waals surface area contributed by atoms with Crippen LogP contribution in [0.4, 0.5) is 0 Å². The van der Waals surface area contributed by atoms with Gasteiger partial charge in [0.05, 0.1) is 0 Å². The molecular weight excluding hydrogens is 199 g/mol. The van der Waals surface area contributed by atoms with E-state index in [2.05, 4.69) is 28.1 Å². The van der Waals surface area contributed by atoms with Gasteiger partial charge in [-0.3, -0.25) is 0 Å². The van der Waals surface area contributed by atoms with Crippen LogP contribution in [0.5, 0.6) is 0 Å². The topological polar surface area (TPSA) is 0 Å². The van der Waals surface area contributed by atoms with Gasteiger partial charge in [0.25, 0.3) is 0 Å². The Balaban J connectivity index is 0.000000640. The van der Waals surface area contributed by atoms with E-state index >= 15 is 0 Å². The minimum atomic E-state index is 0. The average Bonchev–Trinajstić information content (AvgIpc) is 1.90. The minimum Gasteiger partial charge on any atom is -0.147 e. The zero-order chi connectivity index (χ0) is 5.82. The average molecular weight is 207 g/mol. The Kier molecular flexibility index (Phi) is 4.83. The molecule has 0 nitrogen and oxygen atoms in total. The Morgan fingerprint density at radius 3 is 2.00 bits per heavy atom. The van der Waals surface area contributed by atoms with Gasteiger partial charge >= 0.3 is 0 Å². The van der Waals surface area contributed by atoms with Crippen molar-refractivity contribution in [2.75, 3.05) is 0 Å². The first-order valence-electron chi connectivity index (χ1n) is 2.53. The SMILES string of the molecule is BrCc1ccccc1.Cl. The van der Waals surface area contributed by atoms with Crippen molar-refractivity contribution < 1.29 is 0 Å². The van der Waals surface area contributed by atoms with E-state index in [1.165, 1.54) is 5.56 Å². The van der Waals surface area contributed by atoms with Crippen LogP contribution < -0.4 is 0 Å². The van der Waals surface area contributed by atoms with Crippen molar-refractivity contribution in [3.8, 4) is 0 Å². The molecule has 0 fully saturated rings. The van der Waals surface area contributed by atoms with Gasteiger partial charge in [0, 0.05) is 5.33 Å². The van der Waals surface area contributed by atoms with Crippen LogP contribution in [0.3, 0.4) is 0 Å². The quantitative estimate of drug-likeness (QED) is 0.621. The van der Waals surface area contributed by atoms with Crippen molar-refractivity contribution in [1.82, 2.24) is 0 Å². The number of benzene rings is 1. The number of rotatable bonds is 1. The summed E-state index contributed by atoms with van der Waals surface area (Å²) in [6.07, 6.45) is 0. The van der Waals surface area contributed by atoms with Gasteiger partial charge in [-0.2, -0.15) is 0 Å². The lowest BCUT2D eigenvalue weighted by molar-refractivity contribution is 1.44. The third kappa shape index (κ3) is 2.87. The van der Waals surface area contributed by atoms with E-state index < -0.39 is 0 Å². The summed E-state index contributed by atoms with van der Waals surface area (Å²) in [5.41, 5.74) is 1.33. The zero-order valence-electron chi connectivity index (χ0n) is 4.88. The zero-order valence-corrected chi connectivity index (χ0v) is 7.28. The molecule has 9 heavy (non-hydrogen) atoms. The molecule has 0 spiro atoms. The van der Waals surface area contributed by atoms with Crippen LogP contribution in [0.15, 0.2) is 30.3 Å². The van der Waals surface area contributed by atoms with Crippen LogP contribution in [0.2, 0.25) is 0 Å². The lowest BCUT2D eigenvalue weighted by Gasteiger charge is -1.88. The smallest absolute Gasteiger partial charge is 0.0283 e. The van der Waals surface area contributed by atoms with Gasteiger partial charge in [0.2, 0.25) is 0 Å². The first kappa shape index (κ1) is 8.99. The second-order valence-electron chi connectivity index (χ2n) is 1.62. The molecule has 0 amide bonds. The molecule has 50 valence electrons. The molecule has 1 aromatic carbocycles. The van der Waals surface area contributed by atoms with Crippen LogP contribution in [0.25, 0.3) is 0 Å². The van der Waals surface area contributed by atoms with Crippen LogP contribution in [-0.2, 0) is 5.33 Å². The number of alkyl halides is 1. The van der Waals surface area contributed by atoms with Crippen molar-refractivity contribution in [3.63, 3.8) is 0 Å². The highest BCUT2D eigenvalue weighted by Gasteiger charge is 1.81. The molecule has 0 N–H and O–H groups in total. The Labute approximate surface area is 69.8 Å². The third-order valence-electron chi connectivity index (χ3n) is 0.997. The highest BCUT2D eigenvalue weighted by Crippen LogP contribution is 2.02. The second-order valence-corrected chi connectivity index (χ2v) is 2.18. The maximum atomic E-state index is 3.36. The molecule has 0 saturated carbocycles. The van der Waals surface area contributed by atoms with Crippen LogP contribution >= 0.6 is 28.3 Å². The minimum absolute atomic E-state index is 0. The van der Waals surface area contributed by atoms with E-state index in [-0.39, 0.29) is 12.4 Å². The molecule has 1 aromatic rings. The molecule has 1 rings (SSSR count). The van der Waals surface area contributed by atoms with E-state index in [0.717, 1.165) is 5.33 Å². The predicted octanol–water partition coefficient (Wildman–Crippen LogP) is 3.00. The molecule has 0 atom stereocenters. The molecular formula is C7H8BrCl. The largest absolute Gasteiger partial charge is 0.147 e. The molecule has 0 aliphatic rings. The Morgan fingerprint density at radius 1 is 1.11 bits per heavy atom. The standard InChI is InChI=1S/C7H7Br.ClH/c8-6-7-4-2-1-3-5-7;/h1-5H,6H2;1H. The predicted molar refractivity (Wildman–Crippen MR) is 46.3 cm³/mol. The van der Waals surface area contributed by atoms with Gasteiger partial charge in [-0.1, -0.05) is 46.3 Å². The van der Waals surface area contributed by atoms with Crippen LogP contribution in [-0.4, -0.2) is 0 Å². The summed E-state index contributed by atoms with van der Waals surface area (Å²) in [5, 5.41) is 0.952. The van der Waals surface area contributed by atoms with E-state index in [4.69, 9.17) is 0 Å². The van der Waals surface area contributed by atoms with Gasteiger partial charge < -0.3 is 0 Å². The van der Waals surface area contributed by atoms with E-state index in [9.17, 15) is 0 Å². The summed E-state index contributed by atoms with van der Waals surface area (Å²) in [6.45, 7) is 0. The fraction of sp³-hybridized carbons (Fsp3) is 0.143. The van der Waals surface area contributed by atoms with E-state index in [1.807, 2.05) is 18.2 Å². The van der Waals surface area contributed by atoms with Gasteiger partial charge in [-0.25, -0.2) is 0 Å². The Bertz CT molecular complexity index is 150. The number of hydrogen-bond acceptors (Lipinski definition) is 0. The van der Waals surface area contributed by atoms with Crippen molar-refractivity contribution in [1.29, 1.82) is 0 Å². The van der Waals surface area contributed by atoms with E-state index in [1.54, 1.807) is 0 Å². The highest BCUT2D eigenvalue weighted by molar-refractivity contribution is 9.08. The maximum Gasteiger partial charge on any atom is 0.0283 e. The van der Waals surface area contributed by atoms with Gasteiger partial charge in [-0.15, -0.1) is 12.4 Å². The molecule has 0 heterocycles. The molecule has 0 aromatic heterocycles. The summed E-state index contributed by atoms with van der Waals surface area (Å²) >= 11 is 3.36. The van der Waals surface area contributed by atoms with Crippen molar-refractivity contribution in [2.24, 2.45) is 0 Å². The Hall–Kier alpha value is -0.0100. The molecule has 0 saturated heterocycles. The monoisotopic (exact) mass is 206 g/mol. The summed E-state index contributed by atoms with van der Waals surface area (Å²) in [5.74, 6) is 0. The fourth-order valence-corrected chi connectivity index (χ4v) is 0.941. The third-order valence-corrected chi connectivity index (χ3v) is 1.64. The molecule has 0 aliphatic heterocycles. The molecule has 0 unspecified atom stereocenters. The Morgan fingerprint density at radius 2 is 1.67 bits per heavy atom. The lowest BCUT2D eigenvalue weighted by Crippen LogP contribution is -1.70. The normalized spacial score (nSPS) is 8.11. The molecule has 0 bridgehead atoms. The lowest BCUT2D eigenvalue weighted by atomic mass is 10.2. The highest BCUT2D eigenvalue weighted by atomic mass is 79.9. The van der Waals surface area contributed by atoms with Crippen molar-refractivity contribution in [2.45, 2.75) is 5.33 Å². The first-order chi connectivity index (χ1) is 3.93. The maximum absolute atomic E-state index is 3.36. The van der Waals surface area contributed by atoms with Crippen molar-refractivity contribution >= 4 is 28.3 Å². The number of hydrogen-bond donors (Lipinski definition) is 0. The summed E-state index contributed by atoms with van der Waals surface area (Å²) in [7, 11) is 0. The van der Waals surface area contributed by atoms with E-state index in [0.29, 0.717) is 0 Å². The second kappa shape index (κ2) is 4.83. The number of halogens is 2.